The zero-order valence-corrected chi connectivity index (χ0v) is 15.2. The normalized spacial score (nSPS) is 16.0. The molecule has 0 radical (unpaired) electrons. The monoisotopic (exact) mass is 368 g/mol. The number of nitrogens with zero attached hydrogens (tertiary/aromatic N) is 1. The SMILES string of the molecule is O=C(NC[C@@H](c1ccccc1Cl)N1CCCC1)c1cc2ccccc2o1. The summed E-state index contributed by atoms with van der Waals surface area (Å²) in [5, 5.41) is 4.70. The number of nitrogens with one attached hydrogen (secondary N) is 1. The first kappa shape index (κ1) is 17.1. The van der Waals surface area contributed by atoms with Crippen molar-refractivity contribution in [3.8, 4) is 0 Å². The molecule has 0 spiro atoms. The first-order valence-corrected chi connectivity index (χ1v) is 9.35. The van der Waals surface area contributed by atoms with Gasteiger partial charge in [-0.25, -0.2) is 0 Å². The number of hydrogen-bond acceptors (Lipinski definition) is 3. The minimum Gasteiger partial charge on any atom is -0.451 e. The Hall–Kier alpha value is -2.30. The average molecular weight is 369 g/mol. The minimum atomic E-state index is -0.197. The maximum atomic E-state index is 12.6. The van der Waals surface area contributed by atoms with E-state index in [-0.39, 0.29) is 11.9 Å². The molecule has 0 saturated carbocycles. The Balaban J connectivity index is 1.52. The molecule has 26 heavy (non-hydrogen) atoms. The van der Waals surface area contributed by atoms with Crippen LogP contribution in [0.15, 0.2) is 59.0 Å². The van der Waals surface area contributed by atoms with Gasteiger partial charge in [-0.2, -0.15) is 0 Å². The summed E-state index contributed by atoms with van der Waals surface area (Å²) in [5.41, 5.74) is 1.78. The Kier molecular flexibility index (Phi) is 4.96. The molecule has 0 unspecified atom stereocenters. The molecule has 5 heteroatoms. The van der Waals surface area contributed by atoms with E-state index in [0.717, 1.165) is 34.6 Å². The van der Waals surface area contributed by atoms with Crippen LogP contribution in [0.25, 0.3) is 11.0 Å². The number of furan rings is 1. The second kappa shape index (κ2) is 7.52. The molecule has 1 fully saturated rings. The zero-order chi connectivity index (χ0) is 17.9. The second-order valence-corrected chi connectivity index (χ2v) is 7.05. The lowest BCUT2D eigenvalue weighted by molar-refractivity contribution is 0.0912. The molecule has 3 aromatic rings. The van der Waals surface area contributed by atoms with E-state index in [1.54, 1.807) is 6.07 Å². The van der Waals surface area contributed by atoms with Crippen LogP contribution in [0, 0.1) is 0 Å². The summed E-state index contributed by atoms with van der Waals surface area (Å²) >= 11 is 6.43. The van der Waals surface area contributed by atoms with E-state index in [1.807, 2.05) is 48.5 Å². The van der Waals surface area contributed by atoms with Gasteiger partial charge in [-0.15, -0.1) is 0 Å². The Morgan fingerprint density at radius 1 is 1.12 bits per heavy atom. The van der Waals surface area contributed by atoms with Crippen molar-refractivity contribution in [3.05, 3.63) is 70.9 Å². The number of amides is 1. The Bertz CT molecular complexity index is 882. The molecule has 1 atom stereocenters. The Morgan fingerprint density at radius 2 is 1.85 bits per heavy atom. The highest BCUT2D eigenvalue weighted by atomic mass is 35.5. The van der Waals surface area contributed by atoms with E-state index in [1.165, 1.54) is 12.8 Å². The summed E-state index contributed by atoms with van der Waals surface area (Å²) in [7, 11) is 0. The highest BCUT2D eigenvalue weighted by Crippen LogP contribution is 2.30. The van der Waals surface area contributed by atoms with Gasteiger partial charge in [0.2, 0.25) is 0 Å². The van der Waals surface area contributed by atoms with Gasteiger partial charge >= 0.3 is 0 Å². The fourth-order valence-corrected chi connectivity index (χ4v) is 3.87. The van der Waals surface area contributed by atoms with Crippen LogP contribution >= 0.6 is 11.6 Å². The Morgan fingerprint density at radius 3 is 2.62 bits per heavy atom. The molecule has 2 aromatic carbocycles. The van der Waals surface area contributed by atoms with E-state index < -0.39 is 0 Å². The van der Waals surface area contributed by atoms with Gasteiger partial charge in [0.05, 0.1) is 6.04 Å². The van der Waals surface area contributed by atoms with Gasteiger partial charge in [-0.3, -0.25) is 9.69 Å². The summed E-state index contributed by atoms with van der Waals surface area (Å²) in [6.07, 6.45) is 2.36. The predicted molar refractivity (Wildman–Crippen MR) is 104 cm³/mol. The van der Waals surface area contributed by atoms with Crippen molar-refractivity contribution < 1.29 is 9.21 Å². The van der Waals surface area contributed by atoms with Crippen molar-refractivity contribution in [1.29, 1.82) is 0 Å². The van der Waals surface area contributed by atoms with E-state index in [9.17, 15) is 4.79 Å². The summed E-state index contributed by atoms with van der Waals surface area (Å²) in [4.78, 5) is 15.0. The number of carbonyl (C=O) groups excluding carboxylic acids is 1. The molecule has 4 rings (SSSR count). The first-order valence-electron chi connectivity index (χ1n) is 8.97. The van der Waals surface area contributed by atoms with Crippen molar-refractivity contribution in [2.24, 2.45) is 0 Å². The van der Waals surface area contributed by atoms with Crippen molar-refractivity contribution in [1.82, 2.24) is 10.2 Å². The smallest absolute Gasteiger partial charge is 0.287 e. The van der Waals surface area contributed by atoms with Crippen LogP contribution in [0.5, 0.6) is 0 Å². The molecule has 0 bridgehead atoms. The number of likely N-dealkylation sites (tertiary alicyclic amines) is 1. The number of hydrogen-bond donors (Lipinski definition) is 1. The molecule has 1 aliphatic rings. The number of halogens is 1. The lowest BCUT2D eigenvalue weighted by Crippen LogP contribution is -2.36. The summed E-state index contributed by atoms with van der Waals surface area (Å²) in [6, 6.07) is 17.3. The largest absolute Gasteiger partial charge is 0.451 e. The van der Waals surface area contributed by atoms with Gasteiger partial charge < -0.3 is 9.73 Å². The first-order chi connectivity index (χ1) is 12.7. The highest BCUT2D eigenvalue weighted by molar-refractivity contribution is 6.31. The maximum absolute atomic E-state index is 12.6. The minimum absolute atomic E-state index is 0.0690. The van der Waals surface area contributed by atoms with Crippen molar-refractivity contribution >= 4 is 28.5 Å². The lowest BCUT2D eigenvalue weighted by Gasteiger charge is -2.28. The fraction of sp³-hybridized carbons (Fsp3) is 0.286. The standard InChI is InChI=1S/C21H21ClN2O2/c22-17-9-3-2-8-16(17)18(24-11-5-6-12-24)14-23-21(25)20-13-15-7-1-4-10-19(15)26-20/h1-4,7-10,13,18H,5-6,11-12,14H2,(H,23,25)/t18-/m0/s1. The molecule has 0 aliphatic carbocycles. The van der Waals surface area contributed by atoms with Crippen molar-refractivity contribution in [2.45, 2.75) is 18.9 Å². The fourth-order valence-electron chi connectivity index (χ4n) is 3.60. The third-order valence-corrected chi connectivity index (χ3v) is 5.30. The van der Waals surface area contributed by atoms with Gasteiger partial charge in [0, 0.05) is 17.0 Å². The van der Waals surface area contributed by atoms with Crippen LogP contribution in [-0.4, -0.2) is 30.4 Å². The third-order valence-electron chi connectivity index (χ3n) is 4.95. The number of benzene rings is 2. The van der Waals surface area contributed by atoms with E-state index >= 15 is 0 Å². The predicted octanol–water partition coefficient (Wildman–Crippen LogP) is 4.65. The van der Waals surface area contributed by atoms with E-state index in [4.69, 9.17) is 16.0 Å². The molecular formula is C21H21ClN2O2. The van der Waals surface area contributed by atoms with Crippen LogP contribution in [0.2, 0.25) is 5.02 Å². The van der Waals surface area contributed by atoms with Crippen LogP contribution in [0.4, 0.5) is 0 Å². The molecule has 1 aliphatic heterocycles. The topological polar surface area (TPSA) is 45.5 Å². The van der Waals surface area contributed by atoms with Crippen LogP contribution in [-0.2, 0) is 0 Å². The van der Waals surface area contributed by atoms with Gasteiger partial charge in [0.25, 0.3) is 5.91 Å². The second-order valence-electron chi connectivity index (χ2n) is 6.64. The van der Waals surface area contributed by atoms with Gasteiger partial charge in [0.1, 0.15) is 5.58 Å². The third kappa shape index (κ3) is 3.48. The summed E-state index contributed by atoms with van der Waals surface area (Å²) in [5.74, 6) is 0.142. The van der Waals surface area contributed by atoms with E-state index in [2.05, 4.69) is 10.2 Å². The lowest BCUT2D eigenvalue weighted by atomic mass is 10.1. The maximum Gasteiger partial charge on any atom is 0.287 e. The van der Waals surface area contributed by atoms with Gasteiger partial charge in [-0.1, -0.05) is 48.0 Å². The number of rotatable bonds is 5. The van der Waals surface area contributed by atoms with E-state index in [0.29, 0.717) is 12.3 Å². The summed E-state index contributed by atoms with van der Waals surface area (Å²) in [6.45, 7) is 2.55. The average Bonchev–Trinajstić information content (AvgIpc) is 3.32. The number of fused-ring (bicyclic) bond motifs is 1. The number of para-hydroxylation sites is 1. The van der Waals surface area contributed by atoms with Crippen LogP contribution in [0.1, 0.15) is 35.0 Å². The number of carbonyl (C=O) groups is 1. The molecule has 134 valence electrons. The van der Waals surface area contributed by atoms with Crippen molar-refractivity contribution in [3.63, 3.8) is 0 Å². The molecule has 2 heterocycles. The van der Waals surface area contributed by atoms with Gasteiger partial charge in [0.15, 0.2) is 5.76 Å². The molecule has 1 N–H and O–H groups in total. The molecular weight excluding hydrogens is 348 g/mol. The highest BCUT2D eigenvalue weighted by Gasteiger charge is 2.26. The van der Waals surface area contributed by atoms with Crippen LogP contribution < -0.4 is 5.32 Å². The zero-order valence-electron chi connectivity index (χ0n) is 14.5. The van der Waals surface area contributed by atoms with Gasteiger partial charge in [-0.05, 0) is 49.7 Å². The van der Waals surface area contributed by atoms with Crippen molar-refractivity contribution in [2.75, 3.05) is 19.6 Å². The molecule has 1 saturated heterocycles. The summed E-state index contributed by atoms with van der Waals surface area (Å²) < 4.78 is 5.67. The molecule has 4 nitrogen and oxygen atoms in total. The molecule has 1 amide bonds. The van der Waals surface area contributed by atoms with Crippen LogP contribution in [0.3, 0.4) is 0 Å². The molecule has 1 aromatic heterocycles. The Labute approximate surface area is 157 Å². The quantitative estimate of drug-likeness (QED) is 0.712.